The number of benzene rings is 2. The lowest BCUT2D eigenvalue weighted by atomic mass is 10.1. The SMILES string of the molecule is CN[C@@H](C)C(=O)N[C@@H]1C(=O)N(Cc2noc3ccccc23)c2ccccc2N(C(=O)CS(C)(=O)=O)[C@H]1C.O=C(O)C(F)(F)F. The van der Waals surface area contributed by atoms with Crippen molar-refractivity contribution in [3.05, 3.63) is 54.2 Å². The molecule has 0 saturated carbocycles. The molecule has 0 aliphatic carbocycles. The average Bonchev–Trinajstić information content (AvgIpc) is 3.32. The molecule has 17 heteroatoms. The molecule has 2 aromatic carbocycles. The molecule has 238 valence electrons. The maximum Gasteiger partial charge on any atom is 0.490 e. The monoisotopic (exact) mass is 641 g/mol. The Morgan fingerprint density at radius 3 is 2.23 bits per heavy atom. The van der Waals surface area contributed by atoms with Crippen molar-refractivity contribution in [2.45, 2.75) is 44.7 Å². The summed E-state index contributed by atoms with van der Waals surface area (Å²) in [6, 6.07) is 11.3. The van der Waals surface area contributed by atoms with Crippen molar-refractivity contribution in [2.24, 2.45) is 0 Å². The lowest BCUT2D eigenvalue weighted by molar-refractivity contribution is -0.192. The van der Waals surface area contributed by atoms with Gasteiger partial charge in [0, 0.05) is 11.6 Å². The van der Waals surface area contributed by atoms with Gasteiger partial charge in [-0.15, -0.1) is 0 Å². The number of hydrogen-bond acceptors (Lipinski definition) is 9. The van der Waals surface area contributed by atoms with Crippen molar-refractivity contribution in [3.8, 4) is 0 Å². The number of nitrogens with one attached hydrogen (secondary N) is 2. The molecular formula is C27H30F3N5O8S. The fourth-order valence-electron chi connectivity index (χ4n) is 4.37. The Bertz CT molecular complexity index is 1660. The number of nitrogens with zero attached hydrogens (tertiary/aromatic N) is 3. The van der Waals surface area contributed by atoms with E-state index in [9.17, 15) is 36.0 Å². The van der Waals surface area contributed by atoms with Gasteiger partial charge in [-0.1, -0.05) is 29.4 Å². The van der Waals surface area contributed by atoms with Crippen LogP contribution in [0.15, 0.2) is 53.1 Å². The minimum atomic E-state index is -5.08. The Labute approximate surface area is 249 Å². The highest BCUT2D eigenvalue weighted by atomic mass is 32.2. The van der Waals surface area contributed by atoms with E-state index in [0.717, 1.165) is 11.6 Å². The zero-order chi connectivity index (χ0) is 33.0. The molecule has 2 heterocycles. The van der Waals surface area contributed by atoms with Gasteiger partial charge in [-0.05, 0) is 45.2 Å². The number of carboxylic acid groups (broad SMARTS) is 1. The lowest BCUT2D eigenvalue weighted by Gasteiger charge is -2.32. The van der Waals surface area contributed by atoms with Crippen LogP contribution >= 0.6 is 0 Å². The highest BCUT2D eigenvalue weighted by molar-refractivity contribution is 7.91. The number of para-hydroxylation sites is 3. The molecule has 0 bridgehead atoms. The Morgan fingerprint density at radius 1 is 1.09 bits per heavy atom. The van der Waals surface area contributed by atoms with E-state index in [4.69, 9.17) is 14.4 Å². The number of aliphatic carboxylic acids is 1. The van der Waals surface area contributed by atoms with Crippen LogP contribution in [0.4, 0.5) is 24.5 Å². The first-order valence-electron chi connectivity index (χ1n) is 13.0. The summed E-state index contributed by atoms with van der Waals surface area (Å²) < 4.78 is 61.2. The van der Waals surface area contributed by atoms with Gasteiger partial charge < -0.3 is 30.1 Å². The largest absolute Gasteiger partial charge is 0.490 e. The summed E-state index contributed by atoms with van der Waals surface area (Å²) in [7, 11) is -2.06. The lowest BCUT2D eigenvalue weighted by Crippen LogP contribution is -2.60. The molecule has 1 aliphatic heterocycles. The number of halogens is 3. The number of anilines is 2. The third kappa shape index (κ3) is 7.90. The zero-order valence-corrected chi connectivity index (χ0v) is 24.8. The number of carbonyl (C=O) groups is 4. The first kappa shape index (κ1) is 34.0. The molecule has 0 unspecified atom stereocenters. The van der Waals surface area contributed by atoms with Crippen molar-refractivity contribution in [2.75, 3.05) is 28.9 Å². The number of rotatable bonds is 7. The summed E-state index contributed by atoms with van der Waals surface area (Å²) in [5, 5.41) is 17.6. The first-order chi connectivity index (χ1) is 20.5. The summed E-state index contributed by atoms with van der Waals surface area (Å²) in [5.74, 6) is -5.13. The molecular weight excluding hydrogens is 611 g/mol. The van der Waals surface area contributed by atoms with Gasteiger partial charge in [-0.25, -0.2) is 13.2 Å². The zero-order valence-electron chi connectivity index (χ0n) is 24.0. The number of carboxylic acids is 1. The molecule has 0 radical (unpaired) electrons. The van der Waals surface area contributed by atoms with E-state index in [1.54, 1.807) is 51.2 Å². The van der Waals surface area contributed by atoms with Gasteiger partial charge in [0.1, 0.15) is 17.5 Å². The molecule has 44 heavy (non-hydrogen) atoms. The number of carbonyl (C=O) groups excluding carboxylic acids is 3. The third-order valence-electron chi connectivity index (χ3n) is 6.63. The number of fused-ring (bicyclic) bond motifs is 2. The van der Waals surface area contributed by atoms with Gasteiger partial charge >= 0.3 is 12.1 Å². The van der Waals surface area contributed by atoms with Crippen LogP contribution in [0.25, 0.3) is 11.0 Å². The molecule has 0 saturated heterocycles. The fraction of sp³-hybridized carbons (Fsp3) is 0.370. The standard InChI is InChI=1S/C25H29N5O6S.C2HF3O2/c1-15(26-3)24(32)27-23-16(2)30(22(31)14-37(4,34)35)20-11-7-6-10-19(20)29(25(23)33)13-18-17-9-5-8-12-21(17)36-28-18;3-2(4,5)1(6)7/h5-12,15-16,23,26H,13-14H2,1-4H3,(H,27,32);(H,6,7)/t15-,16-,23-;/m0./s1. The number of amides is 3. The van der Waals surface area contributed by atoms with Crippen LogP contribution in [-0.4, -0.2) is 85.7 Å². The molecule has 3 atom stereocenters. The van der Waals surface area contributed by atoms with E-state index in [1.165, 1.54) is 9.80 Å². The van der Waals surface area contributed by atoms with Crippen LogP contribution in [-0.2, 0) is 35.6 Å². The van der Waals surface area contributed by atoms with Gasteiger partial charge in [-0.3, -0.25) is 14.4 Å². The van der Waals surface area contributed by atoms with Crippen LogP contribution in [0.1, 0.15) is 19.5 Å². The second-order valence-corrected chi connectivity index (χ2v) is 12.1. The quantitative estimate of drug-likeness (QED) is 0.345. The Kier molecular flexibility index (Phi) is 10.4. The predicted octanol–water partition coefficient (Wildman–Crippen LogP) is 1.87. The molecule has 0 spiro atoms. The topological polar surface area (TPSA) is 179 Å². The molecule has 3 N–H and O–H groups in total. The minimum Gasteiger partial charge on any atom is -0.475 e. The van der Waals surface area contributed by atoms with E-state index in [2.05, 4.69) is 15.8 Å². The fourth-order valence-corrected chi connectivity index (χ4v) is 4.96. The van der Waals surface area contributed by atoms with E-state index in [-0.39, 0.29) is 6.54 Å². The van der Waals surface area contributed by atoms with Crippen molar-refractivity contribution < 1.29 is 50.4 Å². The summed E-state index contributed by atoms with van der Waals surface area (Å²) >= 11 is 0. The molecule has 3 amide bonds. The first-order valence-corrected chi connectivity index (χ1v) is 15.0. The van der Waals surface area contributed by atoms with E-state index < -0.39 is 63.6 Å². The third-order valence-corrected chi connectivity index (χ3v) is 7.41. The summed E-state index contributed by atoms with van der Waals surface area (Å²) in [5.41, 5.74) is 1.78. The average molecular weight is 642 g/mol. The van der Waals surface area contributed by atoms with E-state index in [0.29, 0.717) is 22.7 Å². The smallest absolute Gasteiger partial charge is 0.475 e. The highest BCUT2D eigenvalue weighted by Crippen LogP contribution is 2.37. The van der Waals surface area contributed by atoms with E-state index in [1.807, 2.05) is 18.2 Å². The number of sulfone groups is 1. The minimum absolute atomic E-state index is 0.00163. The van der Waals surface area contributed by atoms with Crippen molar-refractivity contribution in [1.82, 2.24) is 15.8 Å². The summed E-state index contributed by atoms with van der Waals surface area (Å²) in [4.78, 5) is 51.9. The van der Waals surface area contributed by atoms with Gasteiger partial charge in [-0.2, -0.15) is 13.2 Å². The molecule has 1 aliphatic rings. The molecule has 1 aromatic heterocycles. The van der Waals surface area contributed by atoms with Crippen LogP contribution in [0.5, 0.6) is 0 Å². The van der Waals surface area contributed by atoms with Crippen molar-refractivity contribution in [3.63, 3.8) is 0 Å². The molecule has 0 fully saturated rings. The van der Waals surface area contributed by atoms with Crippen LogP contribution in [0.3, 0.4) is 0 Å². The van der Waals surface area contributed by atoms with Crippen LogP contribution in [0, 0.1) is 0 Å². The van der Waals surface area contributed by atoms with Crippen LogP contribution < -0.4 is 20.4 Å². The maximum atomic E-state index is 14.1. The van der Waals surface area contributed by atoms with Crippen molar-refractivity contribution in [1.29, 1.82) is 0 Å². The van der Waals surface area contributed by atoms with Gasteiger partial charge in [0.25, 0.3) is 5.91 Å². The Morgan fingerprint density at radius 2 is 1.66 bits per heavy atom. The van der Waals surface area contributed by atoms with Gasteiger partial charge in [0.15, 0.2) is 15.4 Å². The molecule has 3 aromatic rings. The normalized spacial score (nSPS) is 17.7. The summed E-state index contributed by atoms with van der Waals surface area (Å²) in [6.07, 6.45) is -4.11. The van der Waals surface area contributed by atoms with Gasteiger partial charge in [0.2, 0.25) is 11.8 Å². The maximum absolute atomic E-state index is 14.1. The molecule has 13 nitrogen and oxygen atoms in total. The number of hydrogen-bond donors (Lipinski definition) is 3. The van der Waals surface area contributed by atoms with Crippen LogP contribution in [0.2, 0.25) is 0 Å². The second kappa shape index (κ2) is 13.4. The van der Waals surface area contributed by atoms with E-state index >= 15 is 0 Å². The highest BCUT2D eigenvalue weighted by Gasteiger charge is 2.43. The Balaban J connectivity index is 0.000000676. The van der Waals surface area contributed by atoms with Crippen molar-refractivity contribution >= 4 is 55.9 Å². The predicted molar refractivity (Wildman–Crippen MR) is 152 cm³/mol. The number of alkyl halides is 3. The number of aromatic nitrogens is 1. The number of likely N-dealkylation sites (N-methyl/N-ethyl adjacent to an activating group) is 1. The second-order valence-electron chi connectivity index (χ2n) is 9.91. The van der Waals surface area contributed by atoms with Gasteiger partial charge in [0.05, 0.1) is 30.0 Å². The Hall–Kier alpha value is -4.51. The molecule has 4 rings (SSSR count). The summed E-state index contributed by atoms with van der Waals surface area (Å²) in [6.45, 7) is 3.25.